The minimum absolute atomic E-state index is 0.130. The van der Waals surface area contributed by atoms with Gasteiger partial charge in [0.15, 0.2) is 0 Å². The van der Waals surface area contributed by atoms with Gasteiger partial charge in [-0.3, -0.25) is 14.8 Å². The largest absolute Gasteiger partial charge is 0.373 e. The third-order valence-corrected chi connectivity index (χ3v) is 3.89. The van der Waals surface area contributed by atoms with Crippen molar-refractivity contribution in [2.45, 2.75) is 25.6 Å². The zero-order chi connectivity index (χ0) is 16.1. The van der Waals surface area contributed by atoms with E-state index in [2.05, 4.69) is 9.97 Å². The van der Waals surface area contributed by atoms with Crippen molar-refractivity contribution in [3.05, 3.63) is 59.9 Å². The highest BCUT2D eigenvalue weighted by Gasteiger charge is 2.24. The van der Waals surface area contributed by atoms with Crippen molar-refractivity contribution in [3.8, 4) is 0 Å². The zero-order valence-electron chi connectivity index (χ0n) is 12.7. The number of likely N-dealkylation sites (tertiary alicyclic amines) is 1. The molecule has 120 valence electrons. The molecule has 0 spiro atoms. The van der Waals surface area contributed by atoms with Gasteiger partial charge in [-0.2, -0.15) is 0 Å². The van der Waals surface area contributed by atoms with E-state index >= 15 is 0 Å². The van der Waals surface area contributed by atoms with Crippen molar-refractivity contribution in [2.24, 2.45) is 0 Å². The summed E-state index contributed by atoms with van der Waals surface area (Å²) in [6.07, 6.45) is 7.68. The van der Waals surface area contributed by atoms with E-state index in [0.717, 1.165) is 24.6 Å². The van der Waals surface area contributed by atoms with E-state index in [1.165, 1.54) is 12.3 Å². The highest BCUT2D eigenvalue weighted by atomic mass is 19.1. The van der Waals surface area contributed by atoms with Crippen LogP contribution in [0, 0.1) is 5.82 Å². The Bertz CT molecular complexity index is 658. The molecular weight excluding hydrogens is 297 g/mol. The second kappa shape index (κ2) is 7.28. The number of halogens is 1. The van der Waals surface area contributed by atoms with Crippen molar-refractivity contribution in [1.82, 2.24) is 14.9 Å². The van der Waals surface area contributed by atoms with E-state index in [-0.39, 0.29) is 12.0 Å². The molecule has 1 fully saturated rings. The number of aromatic nitrogens is 2. The van der Waals surface area contributed by atoms with Crippen LogP contribution in [0.5, 0.6) is 0 Å². The molecule has 0 saturated carbocycles. The molecule has 5 nitrogen and oxygen atoms in total. The van der Waals surface area contributed by atoms with Gasteiger partial charge in [0.2, 0.25) is 0 Å². The lowest BCUT2D eigenvalue weighted by Crippen LogP contribution is -2.40. The van der Waals surface area contributed by atoms with Crippen molar-refractivity contribution in [1.29, 1.82) is 0 Å². The molecule has 2 aromatic rings. The maximum atomic E-state index is 13.2. The molecule has 0 unspecified atom stereocenters. The molecule has 0 aromatic carbocycles. The van der Waals surface area contributed by atoms with Crippen LogP contribution in [-0.4, -0.2) is 40.0 Å². The monoisotopic (exact) mass is 315 g/mol. The van der Waals surface area contributed by atoms with Crippen LogP contribution >= 0.6 is 0 Å². The molecule has 0 aliphatic carbocycles. The lowest BCUT2D eigenvalue weighted by atomic mass is 10.1. The van der Waals surface area contributed by atoms with Crippen LogP contribution in [0.4, 0.5) is 4.39 Å². The molecular formula is C17H18FN3O2. The number of carbonyl (C=O) groups excluding carboxylic acids is 1. The Labute approximate surface area is 134 Å². The number of hydrogen-bond acceptors (Lipinski definition) is 4. The molecule has 2 aromatic heterocycles. The Morgan fingerprint density at radius 3 is 2.78 bits per heavy atom. The summed E-state index contributed by atoms with van der Waals surface area (Å²) in [5.74, 6) is -0.673. The first-order valence-corrected chi connectivity index (χ1v) is 7.63. The van der Waals surface area contributed by atoms with Crippen LogP contribution in [0.2, 0.25) is 0 Å². The molecule has 1 saturated heterocycles. The molecule has 6 heteroatoms. The second-order valence-corrected chi connectivity index (χ2v) is 5.56. The molecule has 3 rings (SSSR count). The van der Waals surface area contributed by atoms with Crippen molar-refractivity contribution in [3.63, 3.8) is 0 Å². The minimum atomic E-state index is -0.495. The van der Waals surface area contributed by atoms with Crippen molar-refractivity contribution in [2.75, 3.05) is 13.1 Å². The van der Waals surface area contributed by atoms with Crippen molar-refractivity contribution < 1.29 is 13.9 Å². The van der Waals surface area contributed by atoms with Gasteiger partial charge in [0.05, 0.1) is 24.5 Å². The van der Waals surface area contributed by atoms with Gasteiger partial charge in [0.1, 0.15) is 5.82 Å². The number of hydrogen-bond donors (Lipinski definition) is 0. The Morgan fingerprint density at radius 2 is 2.09 bits per heavy atom. The summed E-state index contributed by atoms with van der Waals surface area (Å²) in [7, 11) is 0. The highest BCUT2D eigenvalue weighted by Crippen LogP contribution is 2.17. The summed E-state index contributed by atoms with van der Waals surface area (Å²) in [4.78, 5) is 21.8. The Kier molecular flexibility index (Phi) is 4.92. The van der Waals surface area contributed by atoms with Crippen LogP contribution in [-0.2, 0) is 11.3 Å². The zero-order valence-corrected chi connectivity index (χ0v) is 12.7. The van der Waals surface area contributed by atoms with Gasteiger partial charge in [0, 0.05) is 31.7 Å². The number of rotatable bonds is 4. The van der Waals surface area contributed by atoms with E-state index < -0.39 is 5.82 Å². The normalized spacial score (nSPS) is 15.6. The lowest BCUT2D eigenvalue weighted by Gasteiger charge is -2.32. The standard InChI is InChI=1S/C17H18FN3O2/c18-15-8-14(10-20-11-15)17(22)21-6-3-16(4-7-21)23-12-13-2-1-5-19-9-13/h1-2,5,8-11,16H,3-4,6-7,12H2. The van der Waals surface area contributed by atoms with Gasteiger partial charge in [-0.1, -0.05) is 6.07 Å². The van der Waals surface area contributed by atoms with Gasteiger partial charge in [-0.15, -0.1) is 0 Å². The summed E-state index contributed by atoms with van der Waals surface area (Å²) in [6.45, 7) is 1.74. The number of nitrogens with zero attached hydrogens (tertiary/aromatic N) is 3. The minimum Gasteiger partial charge on any atom is -0.373 e. The predicted octanol–water partition coefficient (Wildman–Crippen LogP) is 2.44. The molecule has 0 radical (unpaired) electrons. The SMILES string of the molecule is O=C(c1cncc(F)c1)N1CCC(OCc2cccnc2)CC1. The van der Waals surface area contributed by atoms with E-state index in [1.807, 2.05) is 12.1 Å². The van der Waals surface area contributed by atoms with Crippen LogP contribution in [0.3, 0.4) is 0 Å². The smallest absolute Gasteiger partial charge is 0.255 e. The fraction of sp³-hybridized carbons (Fsp3) is 0.353. The average molecular weight is 315 g/mol. The molecule has 0 atom stereocenters. The first-order chi connectivity index (χ1) is 11.2. The molecule has 0 bridgehead atoms. The molecule has 0 N–H and O–H groups in total. The number of carbonyl (C=O) groups is 1. The van der Waals surface area contributed by atoms with Crippen LogP contribution < -0.4 is 0 Å². The van der Waals surface area contributed by atoms with Crippen LogP contribution in [0.1, 0.15) is 28.8 Å². The Balaban J connectivity index is 1.49. The van der Waals surface area contributed by atoms with E-state index in [4.69, 9.17) is 4.74 Å². The van der Waals surface area contributed by atoms with Gasteiger partial charge >= 0.3 is 0 Å². The maximum Gasteiger partial charge on any atom is 0.255 e. The number of ether oxygens (including phenoxy) is 1. The van der Waals surface area contributed by atoms with Crippen molar-refractivity contribution >= 4 is 5.91 Å². The van der Waals surface area contributed by atoms with E-state index in [0.29, 0.717) is 25.3 Å². The van der Waals surface area contributed by atoms with Gasteiger partial charge in [0.25, 0.3) is 5.91 Å². The molecule has 1 amide bonds. The fourth-order valence-electron chi connectivity index (χ4n) is 2.63. The molecule has 3 heterocycles. The quantitative estimate of drug-likeness (QED) is 0.869. The van der Waals surface area contributed by atoms with E-state index in [1.54, 1.807) is 17.3 Å². The van der Waals surface area contributed by atoms with Gasteiger partial charge < -0.3 is 9.64 Å². The first-order valence-electron chi connectivity index (χ1n) is 7.63. The Hall–Kier alpha value is -2.34. The summed E-state index contributed by atoms with van der Waals surface area (Å²) in [5, 5.41) is 0. The second-order valence-electron chi connectivity index (χ2n) is 5.56. The number of piperidine rings is 1. The number of amides is 1. The third-order valence-electron chi connectivity index (χ3n) is 3.89. The molecule has 1 aliphatic heterocycles. The molecule has 1 aliphatic rings. The van der Waals surface area contributed by atoms with Crippen LogP contribution in [0.15, 0.2) is 43.0 Å². The molecule has 23 heavy (non-hydrogen) atoms. The maximum absolute atomic E-state index is 13.2. The summed E-state index contributed by atoms with van der Waals surface area (Å²) in [6, 6.07) is 5.08. The first kappa shape index (κ1) is 15.6. The van der Waals surface area contributed by atoms with Gasteiger partial charge in [-0.25, -0.2) is 4.39 Å². The van der Waals surface area contributed by atoms with E-state index in [9.17, 15) is 9.18 Å². The highest BCUT2D eigenvalue weighted by molar-refractivity contribution is 5.93. The summed E-state index contributed by atoms with van der Waals surface area (Å²) >= 11 is 0. The van der Waals surface area contributed by atoms with Gasteiger partial charge in [-0.05, 0) is 30.5 Å². The number of pyridine rings is 2. The van der Waals surface area contributed by atoms with Crippen LogP contribution in [0.25, 0.3) is 0 Å². The summed E-state index contributed by atoms with van der Waals surface area (Å²) < 4.78 is 19.0. The summed E-state index contributed by atoms with van der Waals surface area (Å²) in [5.41, 5.74) is 1.33. The Morgan fingerprint density at radius 1 is 1.26 bits per heavy atom. The average Bonchev–Trinajstić information content (AvgIpc) is 2.61. The predicted molar refractivity (Wildman–Crippen MR) is 82.1 cm³/mol. The topological polar surface area (TPSA) is 55.3 Å². The lowest BCUT2D eigenvalue weighted by molar-refractivity contribution is -0.000488. The third kappa shape index (κ3) is 4.10. The fourth-order valence-corrected chi connectivity index (χ4v) is 2.63.